The standard InChI is InChI=1S/C43H49NO24/c1-19(45)57-17-33-36(59-21(3)47)38(61-23(5)49)40(63-25(7)51)42(67-33)65-29-15-31(54)35(30(53)14-11-27-9-12-28(13-10-27)44(55)56)32(16-29)66-43-41(64-26(8)52)39(62-24(6)50)37(60-22(4)48)34(68-43)18-58-20(2)46/h9-10,12-13,15-16,33-34,36-43,54H,11,14,17-18H2,1-8H3/t33-,34+,36-,37-,38+,39+,40-,41-,42+,43+/m1/s1. The number of Topliss-reactive ketones (excluding diaryl/α,β-unsaturated/α-hetero) is 1. The number of esters is 8. The molecule has 68 heavy (non-hydrogen) atoms. The average molecular weight is 964 g/mol. The van der Waals surface area contributed by atoms with E-state index in [1.165, 1.54) is 24.3 Å². The molecule has 2 saturated heterocycles. The third-order valence-electron chi connectivity index (χ3n) is 9.51. The van der Waals surface area contributed by atoms with Gasteiger partial charge in [0.05, 0.1) is 4.92 Å². The minimum Gasteiger partial charge on any atom is -0.507 e. The molecule has 25 nitrogen and oxygen atoms in total. The van der Waals surface area contributed by atoms with E-state index in [9.17, 15) is 58.4 Å². The molecular formula is C43H49NO24. The first kappa shape index (κ1) is 53.2. The van der Waals surface area contributed by atoms with Crippen LogP contribution in [0, 0.1) is 10.1 Å². The second-order valence-corrected chi connectivity index (χ2v) is 15.0. The van der Waals surface area contributed by atoms with Gasteiger partial charge in [-0.15, -0.1) is 0 Å². The van der Waals surface area contributed by atoms with Crippen LogP contribution in [-0.2, 0) is 92.1 Å². The van der Waals surface area contributed by atoms with Crippen LogP contribution >= 0.6 is 0 Å². The van der Waals surface area contributed by atoms with Crippen LogP contribution < -0.4 is 9.47 Å². The average Bonchev–Trinajstić information content (AvgIpc) is 3.22. The molecule has 0 unspecified atom stereocenters. The normalized spacial score (nSPS) is 24.1. The summed E-state index contributed by atoms with van der Waals surface area (Å²) in [5.74, 6) is -10.1. The van der Waals surface area contributed by atoms with Crippen molar-refractivity contribution in [1.82, 2.24) is 0 Å². The fourth-order valence-electron chi connectivity index (χ4n) is 7.01. The number of ether oxygens (including phenoxy) is 12. The van der Waals surface area contributed by atoms with E-state index in [4.69, 9.17) is 56.8 Å². The maximum Gasteiger partial charge on any atom is 0.303 e. The highest BCUT2D eigenvalue weighted by Crippen LogP contribution is 2.40. The Labute approximate surface area is 386 Å². The van der Waals surface area contributed by atoms with Gasteiger partial charge in [0.2, 0.25) is 24.8 Å². The Hall–Kier alpha value is -7.41. The van der Waals surface area contributed by atoms with Crippen LogP contribution in [0.3, 0.4) is 0 Å². The van der Waals surface area contributed by atoms with Crippen molar-refractivity contribution in [2.45, 2.75) is 130 Å². The first-order chi connectivity index (χ1) is 31.9. The molecule has 0 bridgehead atoms. The van der Waals surface area contributed by atoms with E-state index in [2.05, 4.69) is 0 Å². The lowest BCUT2D eigenvalue weighted by molar-refractivity contribution is -0.384. The number of nitro benzene ring substituents is 1. The molecule has 2 aliphatic heterocycles. The third kappa shape index (κ3) is 15.1. The number of nitro groups is 1. The zero-order valence-electron chi connectivity index (χ0n) is 37.9. The first-order valence-corrected chi connectivity index (χ1v) is 20.5. The summed E-state index contributed by atoms with van der Waals surface area (Å²) in [6.07, 6.45) is -17.5. The number of nitrogens with zero attached hydrogens (tertiary/aromatic N) is 1. The molecule has 0 radical (unpaired) electrons. The fourth-order valence-corrected chi connectivity index (χ4v) is 7.01. The SMILES string of the molecule is CC(=O)OC[C@@H]1O[C@H](Oc2cc(O[C@H]3O[C@H](COC(C)=O)[C@@H](OC(C)=O)[C@H](OC(C)=O)[C@H]3OC(C)=O)cc(O)c2C(=O)CCc2ccc([N+](=O)[O-])cc2)[C@H](OC(C)=O)[C@@H](OC(C)=O)[C@@H]1OC(C)=O. The lowest BCUT2D eigenvalue weighted by Gasteiger charge is -2.44. The summed E-state index contributed by atoms with van der Waals surface area (Å²) >= 11 is 0. The molecule has 1 N–H and O–H groups in total. The molecule has 4 rings (SSSR count). The minimum absolute atomic E-state index is 0.0439. The smallest absolute Gasteiger partial charge is 0.303 e. The Bertz CT molecular complexity index is 2240. The van der Waals surface area contributed by atoms with Crippen LogP contribution in [-0.4, -0.2) is 138 Å². The number of non-ortho nitro benzene ring substituents is 1. The highest BCUT2D eigenvalue weighted by atomic mass is 16.8. The fraction of sp³-hybridized carbons (Fsp3) is 0.512. The molecule has 2 aliphatic rings. The molecule has 2 fully saturated rings. The summed E-state index contributed by atoms with van der Waals surface area (Å²) in [5.41, 5.74) is -0.326. The molecule has 0 saturated carbocycles. The summed E-state index contributed by atoms with van der Waals surface area (Å²) in [6, 6.07) is 7.14. The number of aryl methyl sites for hydroxylation is 1. The molecular weight excluding hydrogens is 914 g/mol. The Morgan fingerprint density at radius 1 is 0.559 bits per heavy atom. The molecule has 370 valence electrons. The van der Waals surface area contributed by atoms with Gasteiger partial charge in [-0.05, 0) is 12.0 Å². The summed E-state index contributed by atoms with van der Waals surface area (Å²) in [7, 11) is 0. The highest BCUT2D eigenvalue weighted by molar-refractivity contribution is 6.01. The van der Waals surface area contributed by atoms with Crippen LogP contribution in [0.2, 0.25) is 0 Å². The Morgan fingerprint density at radius 3 is 1.35 bits per heavy atom. The van der Waals surface area contributed by atoms with E-state index in [-0.39, 0.29) is 18.5 Å². The number of carbonyl (C=O) groups excluding carboxylic acids is 9. The van der Waals surface area contributed by atoms with Crippen molar-refractivity contribution in [3.8, 4) is 17.2 Å². The van der Waals surface area contributed by atoms with Gasteiger partial charge < -0.3 is 61.9 Å². The highest BCUT2D eigenvalue weighted by Gasteiger charge is 2.55. The van der Waals surface area contributed by atoms with Crippen LogP contribution in [0.25, 0.3) is 0 Å². The van der Waals surface area contributed by atoms with Crippen molar-refractivity contribution in [3.63, 3.8) is 0 Å². The van der Waals surface area contributed by atoms with Gasteiger partial charge in [-0.25, -0.2) is 0 Å². The van der Waals surface area contributed by atoms with Crippen molar-refractivity contribution < 1.29 is 110 Å². The van der Waals surface area contributed by atoms with Gasteiger partial charge in [-0.3, -0.25) is 53.3 Å². The lowest BCUT2D eigenvalue weighted by atomic mass is 9.97. The van der Waals surface area contributed by atoms with Gasteiger partial charge in [0.25, 0.3) is 5.69 Å². The third-order valence-corrected chi connectivity index (χ3v) is 9.51. The Kier molecular flexibility index (Phi) is 18.7. The van der Waals surface area contributed by atoms with Crippen molar-refractivity contribution in [2.24, 2.45) is 0 Å². The molecule has 2 aromatic rings. The maximum absolute atomic E-state index is 14.2. The molecule has 2 heterocycles. The second kappa shape index (κ2) is 23.9. The van der Waals surface area contributed by atoms with Crippen LogP contribution in [0.4, 0.5) is 5.69 Å². The van der Waals surface area contributed by atoms with Gasteiger partial charge >= 0.3 is 47.8 Å². The first-order valence-electron chi connectivity index (χ1n) is 20.5. The molecule has 0 amide bonds. The summed E-state index contributed by atoms with van der Waals surface area (Å²) in [5, 5.41) is 22.9. The zero-order chi connectivity index (χ0) is 50.6. The monoisotopic (exact) mass is 963 g/mol. The predicted molar refractivity (Wildman–Crippen MR) is 219 cm³/mol. The van der Waals surface area contributed by atoms with E-state index in [0.29, 0.717) is 5.56 Å². The van der Waals surface area contributed by atoms with Crippen molar-refractivity contribution in [3.05, 3.63) is 57.6 Å². The van der Waals surface area contributed by atoms with E-state index in [1.54, 1.807) is 0 Å². The van der Waals surface area contributed by atoms with Crippen molar-refractivity contribution >= 4 is 59.2 Å². The molecule has 10 atom stereocenters. The Balaban J connectivity index is 1.90. The molecule has 0 aromatic heterocycles. The van der Waals surface area contributed by atoms with E-state index >= 15 is 0 Å². The summed E-state index contributed by atoms with van der Waals surface area (Å²) in [4.78, 5) is 123. The number of phenolic OH excluding ortho intramolecular Hbond substituents is 1. The molecule has 25 heteroatoms. The van der Waals surface area contributed by atoms with Gasteiger partial charge in [0, 0.05) is 86.1 Å². The molecule has 0 aliphatic carbocycles. The summed E-state index contributed by atoms with van der Waals surface area (Å²) in [6.45, 7) is 6.76. The van der Waals surface area contributed by atoms with Crippen molar-refractivity contribution in [1.29, 1.82) is 0 Å². The quantitative estimate of drug-likeness (QED) is 0.0692. The summed E-state index contributed by atoms with van der Waals surface area (Å²) < 4.78 is 67.4. The van der Waals surface area contributed by atoms with Gasteiger partial charge in [-0.1, -0.05) is 12.1 Å². The second-order valence-electron chi connectivity index (χ2n) is 15.0. The van der Waals surface area contributed by atoms with Gasteiger partial charge in [0.1, 0.15) is 48.2 Å². The van der Waals surface area contributed by atoms with Crippen LogP contribution in [0.5, 0.6) is 17.2 Å². The number of hydrogen-bond acceptors (Lipinski definition) is 24. The number of aromatic hydroxyl groups is 1. The zero-order valence-corrected chi connectivity index (χ0v) is 37.9. The maximum atomic E-state index is 14.2. The lowest BCUT2D eigenvalue weighted by Crippen LogP contribution is -2.63. The topological polar surface area (TPSA) is 328 Å². The number of phenols is 1. The minimum atomic E-state index is -1.97. The largest absolute Gasteiger partial charge is 0.507 e. The van der Waals surface area contributed by atoms with Crippen LogP contribution in [0.15, 0.2) is 36.4 Å². The number of ketones is 1. The number of hydrogen-bond donors (Lipinski definition) is 1. The number of benzene rings is 2. The van der Waals surface area contributed by atoms with Crippen molar-refractivity contribution in [2.75, 3.05) is 13.2 Å². The number of rotatable bonds is 19. The van der Waals surface area contributed by atoms with E-state index < -0.39 is 156 Å². The van der Waals surface area contributed by atoms with Gasteiger partial charge in [-0.2, -0.15) is 0 Å². The Morgan fingerprint density at radius 2 is 0.956 bits per heavy atom. The molecule has 0 spiro atoms. The molecule has 2 aromatic carbocycles. The van der Waals surface area contributed by atoms with Gasteiger partial charge in [0.15, 0.2) is 30.2 Å². The number of carbonyl (C=O) groups is 9. The van der Waals surface area contributed by atoms with Crippen LogP contribution in [0.1, 0.15) is 77.7 Å². The van der Waals surface area contributed by atoms with E-state index in [0.717, 1.165) is 67.5 Å². The predicted octanol–water partition coefficient (Wildman–Crippen LogP) is 2.04. The van der Waals surface area contributed by atoms with E-state index in [1.807, 2.05) is 0 Å².